The third kappa shape index (κ3) is 8.00. The van der Waals surface area contributed by atoms with Gasteiger partial charge in [-0.05, 0) is 58.4 Å². The monoisotopic (exact) mass is 497 g/mol. The number of anilines is 2. The molecule has 3 aromatic rings. The molecule has 0 aromatic heterocycles. The predicted octanol–water partition coefficient (Wildman–Crippen LogP) is 7.15. The van der Waals surface area contributed by atoms with E-state index in [4.69, 9.17) is 0 Å². The van der Waals surface area contributed by atoms with Crippen LogP contribution in [0, 0.1) is 10.1 Å². The summed E-state index contributed by atoms with van der Waals surface area (Å²) in [6, 6.07) is 19.7. The maximum absolute atomic E-state index is 12.5. The molecule has 190 valence electrons. The van der Waals surface area contributed by atoms with Crippen molar-refractivity contribution in [2.45, 2.75) is 39.5 Å². The molecular formula is C30H31N3O4. The number of hydrogen-bond acceptors (Lipinski definition) is 4. The zero-order valence-corrected chi connectivity index (χ0v) is 21.4. The van der Waals surface area contributed by atoms with Crippen LogP contribution >= 0.6 is 0 Å². The molecule has 3 aromatic carbocycles. The van der Waals surface area contributed by atoms with E-state index in [1.807, 2.05) is 48.5 Å². The normalized spacial score (nSPS) is 11.4. The zero-order valence-electron chi connectivity index (χ0n) is 21.4. The maximum atomic E-state index is 12.5. The van der Waals surface area contributed by atoms with Crippen LogP contribution in [0.1, 0.15) is 61.8 Å². The smallest absolute Gasteiger partial charge is 0.292 e. The first-order chi connectivity index (χ1) is 17.6. The molecule has 0 atom stereocenters. The summed E-state index contributed by atoms with van der Waals surface area (Å²) in [6.45, 7) is 8.43. The first-order valence-electron chi connectivity index (χ1n) is 12.1. The summed E-state index contributed by atoms with van der Waals surface area (Å²) in [5, 5.41) is 16.7. The van der Waals surface area contributed by atoms with E-state index in [1.54, 1.807) is 12.2 Å². The summed E-state index contributed by atoms with van der Waals surface area (Å²) >= 11 is 0. The molecule has 7 nitrogen and oxygen atoms in total. The van der Waals surface area contributed by atoms with E-state index in [2.05, 4.69) is 38.3 Å². The van der Waals surface area contributed by atoms with Gasteiger partial charge in [0.05, 0.1) is 4.92 Å². The van der Waals surface area contributed by atoms with Gasteiger partial charge in [-0.15, -0.1) is 0 Å². The maximum Gasteiger partial charge on any atom is 0.292 e. The lowest BCUT2D eigenvalue weighted by molar-refractivity contribution is -0.383. The minimum atomic E-state index is -0.587. The summed E-state index contributed by atoms with van der Waals surface area (Å²) in [4.78, 5) is 35.8. The average molecular weight is 498 g/mol. The molecule has 7 heteroatoms. The van der Waals surface area contributed by atoms with Crippen molar-refractivity contribution >= 4 is 41.0 Å². The Hall–Kier alpha value is -4.52. The highest BCUT2D eigenvalue weighted by atomic mass is 16.6. The van der Waals surface area contributed by atoms with Crippen LogP contribution < -0.4 is 10.6 Å². The van der Waals surface area contributed by atoms with Gasteiger partial charge in [-0.25, -0.2) is 0 Å². The number of hydrogen-bond donors (Lipinski definition) is 2. The standard InChI is InChI=1S/C30H31N3O4/c1-20(2)24-11-5-22(6-12-24)9-17-29(34)31-26-15-16-28(33(36)37)27(19-26)32-30(35)18-10-23-7-13-25(14-8-23)21(3)4/h5-21H,1-4H3,(H,31,34)(H,32,35). The molecule has 0 saturated heterocycles. The number of nitrogens with zero attached hydrogens (tertiary/aromatic N) is 1. The second kappa shape index (κ2) is 12.4. The van der Waals surface area contributed by atoms with E-state index in [0.717, 1.165) is 11.1 Å². The predicted molar refractivity (Wildman–Crippen MR) is 149 cm³/mol. The number of nitro benzene ring substituents is 1. The van der Waals surface area contributed by atoms with Crippen LogP contribution in [0.5, 0.6) is 0 Å². The first-order valence-corrected chi connectivity index (χ1v) is 12.1. The van der Waals surface area contributed by atoms with E-state index in [-0.39, 0.29) is 11.4 Å². The van der Waals surface area contributed by atoms with Crippen LogP contribution in [0.25, 0.3) is 12.2 Å². The summed E-state index contributed by atoms with van der Waals surface area (Å²) in [5.74, 6) is -0.0978. The molecule has 0 radical (unpaired) electrons. The number of benzene rings is 3. The fourth-order valence-corrected chi connectivity index (χ4v) is 3.56. The van der Waals surface area contributed by atoms with Gasteiger partial charge in [0.25, 0.3) is 5.69 Å². The van der Waals surface area contributed by atoms with Gasteiger partial charge in [0, 0.05) is 23.9 Å². The second-order valence-electron chi connectivity index (χ2n) is 9.28. The minimum absolute atomic E-state index is 0.0131. The van der Waals surface area contributed by atoms with Gasteiger partial charge in [-0.3, -0.25) is 19.7 Å². The lowest BCUT2D eigenvalue weighted by Gasteiger charge is -2.08. The number of carbonyl (C=O) groups excluding carboxylic acids is 2. The van der Waals surface area contributed by atoms with Gasteiger partial charge in [0.15, 0.2) is 0 Å². The molecule has 0 unspecified atom stereocenters. The van der Waals surface area contributed by atoms with Crippen LogP contribution in [-0.4, -0.2) is 16.7 Å². The topological polar surface area (TPSA) is 101 Å². The van der Waals surface area contributed by atoms with E-state index < -0.39 is 16.7 Å². The molecule has 2 amide bonds. The molecule has 0 bridgehead atoms. The van der Waals surface area contributed by atoms with Gasteiger partial charge >= 0.3 is 0 Å². The lowest BCUT2D eigenvalue weighted by Crippen LogP contribution is -2.12. The summed E-state index contributed by atoms with van der Waals surface area (Å²) in [7, 11) is 0. The Morgan fingerprint density at radius 2 is 1.19 bits per heavy atom. The Morgan fingerprint density at radius 1 is 0.730 bits per heavy atom. The molecule has 0 fully saturated rings. The summed E-state index contributed by atoms with van der Waals surface area (Å²) in [5.41, 5.74) is 4.14. The van der Waals surface area contributed by atoms with E-state index in [9.17, 15) is 19.7 Å². The molecule has 37 heavy (non-hydrogen) atoms. The largest absolute Gasteiger partial charge is 0.322 e. The Labute approximate surface area is 217 Å². The van der Waals surface area contributed by atoms with Crippen molar-refractivity contribution in [2.24, 2.45) is 0 Å². The van der Waals surface area contributed by atoms with E-state index in [0.29, 0.717) is 17.5 Å². The third-order valence-electron chi connectivity index (χ3n) is 5.78. The van der Waals surface area contributed by atoms with Crippen molar-refractivity contribution < 1.29 is 14.5 Å². The van der Waals surface area contributed by atoms with Gasteiger partial charge in [0.1, 0.15) is 5.69 Å². The molecule has 2 N–H and O–H groups in total. The number of rotatable bonds is 9. The van der Waals surface area contributed by atoms with Crippen LogP contribution in [0.3, 0.4) is 0 Å². The molecule has 0 aliphatic carbocycles. The van der Waals surface area contributed by atoms with Crippen molar-refractivity contribution in [3.05, 3.63) is 111 Å². The highest BCUT2D eigenvalue weighted by Gasteiger charge is 2.16. The zero-order chi connectivity index (χ0) is 26.9. The molecule has 0 spiro atoms. The first kappa shape index (κ1) is 27.1. The van der Waals surface area contributed by atoms with Gasteiger partial charge in [-0.1, -0.05) is 76.2 Å². The van der Waals surface area contributed by atoms with Gasteiger partial charge in [0.2, 0.25) is 11.8 Å². The van der Waals surface area contributed by atoms with Crippen molar-refractivity contribution in [2.75, 3.05) is 10.6 Å². The van der Waals surface area contributed by atoms with Crippen molar-refractivity contribution in [3.8, 4) is 0 Å². The van der Waals surface area contributed by atoms with Crippen molar-refractivity contribution in [3.63, 3.8) is 0 Å². The van der Waals surface area contributed by atoms with Crippen molar-refractivity contribution in [1.29, 1.82) is 0 Å². The number of nitrogens with one attached hydrogen (secondary N) is 2. The third-order valence-corrected chi connectivity index (χ3v) is 5.78. The molecule has 0 heterocycles. The fourth-order valence-electron chi connectivity index (χ4n) is 3.56. The summed E-state index contributed by atoms with van der Waals surface area (Å²) < 4.78 is 0. The fraction of sp³-hybridized carbons (Fsp3) is 0.200. The SMILES string of the molecule is CC(C)c1ccc(C=CC(=O)Nc2ccc([N+](=O)[O-])c(NC(=O)C=Cc3ccc(C(C)C)cc3)c2)cc1. The van der Waals surface area contributed by atoms with Crippen LogP contribution in [0.15, 0.2) is 78.9 Å². The average Bonchev–Trinajstić information content (AvgIpc) is 2.86. The van der Waals surface area contributed by atoms with Gasteiger partial charge in [-0.2, -0.15) is 0 Å². The Morgan fingerprint density at radius 3 is 1.62 bits per heavy atom. The molecule has 0 saturated carbocycles. The van der Waals surface area contributed by atoms with Gasteiger partial charge < -0.3 is 10.6 Å². The molecular weight excluding hydrogens is 466 g/mol. The second-order valence-corrected chi connectivity index (χ2v) is 9.28. The minimum Gasteiger partial charge on any atom is -0.322 e. The molecule has 0 aliphatic heterocycles. The molecule has 3 rings (SSSR count). The Bertz CT molecular complexity index is 1320. The van der Waals surface area contributed by atoms with Crippen molar-refractivity contribution in [1.82, 2.24) is 0 Å². The summed E-state index contributed by atoms with van der Waals surface area (Å²) in [6.07, 6.45) is 6.02. The van der Waals surface area contributed by atoms with E-state index >= 15 is 0 Å². The quantitative estimate of drug-likeness (QED) is 0.186. The number of nitro groups is 1. The Kier molecular flexibility index (Phi) is 9.11. The highest BCUT2D eigenvalue weighted by molar-refractivity contribution is 6.05. The van der Waals surface area contributed by atoms with Crippen LogP contribution in [0.4, 0.5) is 17.1 Å². The highest BCUT2D eigenvalue weighted by Crippen LogP contribution is 2.28. The van der Waals surface area contributed by atoms with Crippen LogP contribution in [-0.2, 0) is 9.59 Å². The lowest BCUT2D eigenvalue weighted by atomic mass is 10.0. The Balaban J connectivity index is 1.68. The van der Waals surface area contributed by atoms with E-state index in [1.165, 1.54) is 41.5 Å². The van der Waals surface area contributed by atoms with Crippen LogP contribution in [0.2, 0.25) is 0 Å². The number of carbonyl (C=O) groups is 2. The molecule has 0 aliphatic rings. The number of amides is 2.